The largest absolute Gasteiger partial charge is 0.444 e. The summed E-state index contributed by atoms with van der Waals surface area (Å²) in [4.78, 5) is 17.8. The van der Waals surface area contributed by atoms with Gasteiger partial charge in [-0.3, -0.25) is 0 Å². The van der Waals surface area contributed by atoms with Crippen LogP contribution in [0.15, 0.2) is 30.6 Å². The monoisotopic (exact) mass is 344 g/mol. The molecule has 1 saturated heterocycles. The number of ether oxygens (including phenoxy) is 1. The van der Waals surface area contributed by atoms with Gasteiger partial charge in [0.15, 0.2) is 6.33 Å². The summed E-state index contributed by atoms with van der Waals surface area (Å²) in [6.07, 6.45) is 1.19. The van der Waals surface area contributed by atoms with Gasteiger partial charge in [0.05, 0.1) is 6.54 Å². The van der Waals surface area contributed by atoms with E-state index in [4.69, 9.17) is 4.74 Å². The maximum atomic E-state index is 12.2. The molecule has 2 heterocycles. The molecule has 0 bridgehead atoms. The van der Waals surface area contributed by atoms with Gasteiger partial charge >= 0.3 is 6.09 Å². The van der Waals surface area contributed by atoms with Crippen LogP contribution in [0.1, 0.15) is 26.3 Å². The number of amides is 1. The predicted octanol–water partition coefficient (Wildman–Crippen LogP) is 1.78. The highest BCUT2D eigenvalue weighted by atomic mass is 16.6. The molecule has 1 aliphatic heterocycles. The number of carbonyl (C=O) groups excluding carboxylic acids is 1. The number of tetrazole rings is 1. The highest BCUT2D eigenvalue weighted by Crippen LogP contribution is 2.23. The van der Waals surface area contributed by atoms with E-state index in [2.05, 4.69) is 32.4 Å². The Morgan fingerprint density at radius 2 is 1.88 bits per heavy atom. The fourth-order valence-corrected chi connectivity index (χ4v) is 2.82. The van der Waals surface area contributed by atoms with Gasteiger partial charge < -0.3 is 14.5 Å². The van der Waals surface area contributed by atoms with E-state index in [9.17, 15) is 4.79 Å². The van der Waals surface area contributed by atoms with E-state index in [-0.39, 0.29) is 6.09 Å². The number of nitrogens with zero attached hydrogens (tertiary/aromatic N) is 6. The van der Waals surface area contributed by atoms with Crippen molar-refractivity contribution in [3.05, 3.63) is 36.2 Å². The fraction of sp³-hybridized carbons (Fsp3) is 0.529. The van der Waals surface area contributed by atoms with Crippen LogP contribution in [0.5, 0.6) is 0 Å². The number of para-hydroxylation sites is 1. The van der Waals surface area contributed by atoms with Crippen molar-refractivity contribution in [1.29, 1.82) is 0 Å². The molecule has 134 valence electrons. The molecule has 8 heteroatoms. The minimum absolute atomic E-state index is 0.243. The Hall–Kier alpha value is -2.64. The molecule has 0 saturated carbocycles. The van der Waals surface area contributed by atoms with E-state index in [1.807, 2.05) is 32.9 Å². The molecule has 1 aliphatic rings. The van der Waals surface area contributed by atoms with Crippen LogP contribution >= 0.6 is 0 Å². The van der Waals surface area contributed by atoms with Crippen molar-refractivity contribution in [3.63, 3.8) is 0 Å². The third-order valence-electron chi connectivity index (χ3n) is 3.97. The maximum absolute atomic E-state index is 12.2. The zero-order valence-corrected chi connectivity index (χ0v) is 14.9. The van der Waals surface area contributed by atoms with Crippen molar-refractivity contribution in [2.45, 2.75) is 32.9 Å². The standard InChI is InChI=1S/C17H24N6O2/c1-17(2,3)25-16(24)22-10-8-21(9-11-22)15-7-5-4-6-14(15)12-23-19-13-18-20-23/h4-7,13H,8-12H2,1-3H3. The molecule has 1 aromatic heterocycles. The molecule has 0 unspecified atom stereocenters. The van der Waals surface area contributed by atoms with E-state index in [1.54, 1.807) is 9.70 Å². The van der Waals surface area contributed by atoms with Crippen molar-refractivity contribution in [1.82, 2.24) is 25.1 Å². The number of piperazine rings is 1. The third-order valence-corrected chi connectivity index (χ3v) is 3.97. The molecule has 0 spiro atoms. The average Bonchev–Trinajstić information content (AvgIpc) is 3.07. The lowest BCUT2D eigenvalue weighted by Crippen LogP contribution is -2.50. The summed E-state index contributed by atoms with van der Waals surface area (Å²) < 4.78 is 5.45. The van der Waals surface area contributed by atoms with Gasteiger partial charge in [0.25, 0.3) is 0 Å². The smallest absolute Gasteiger partial charge is 0.410 e. The Bertz CT molecular complexity index is 702. The number of benzene rings is 1. The summed E-state index contributed by atoms with van der Waals surface area (Å²) in [5.74, 6) is 0. The molecule has 25 heavy (non-hydrogen) atoms. The van der Waals surface area contributed by atoms with E-state index in [0.29, 0.717) is 19.6 Å². The molecule has 1 aromatic carbocycles. The van der Waals surface area contributed by atoms with Gasteiger partial charge in [0, 0.05) is 31.9 Å². The summed E-state index contributed by atoms with van der Waals surface area (Å²) in [6.45, 7) is 9.04. The summed E-state index contributed by atoms with van der Waals surface area (Å²) in [6, 6.07) is 8.19. The zero-order valence-electron chi connectivity index (χ0n) is 14.9. The average molecular weight is 344 g/mol. The van der Waals surface area contributed by atoms with Crippen molar-refractivity contribution in [2.75, 3.05) is 31.1 Å². The van der Waals surface area contributed by atoms with Crippen LogP contribution < -0.4 is 4.90 Å². The molecule has 3 rings (SSSR count). The highest BCUT2D eigenvalue weighted by Gasteiger charge is 2.26. The van der Waals surface area contributed by atoms with Crippen molar-refractivity contribution in [3.8, 4) is 0 Å². The lowest BCUT2D eigenvalue weighted by atomic mass is 10.1. The third kappa shape index (κ3) is 4.46. The number of rotatable bonds is 3. The molecule has 8 nitrogen and oxygen atoms in total. The molecular weight excluding hydrogens is 320 g/mol. The van der Waals surface area contributed by atoms with Crippen LogP contribution in [0.4, 0.5) is 10.5 Å². The van der Waals surface area contributed by atoms with Gasteiger partial charge in [-0.05, 0) is 37.6 Å². The molecule has 2 aromatic rings. The second kappa shape index (κ2) is 7.08. The van der Waals surface area contributed by atoms with Crippen molar-refractivity contribution >= 4 is 11.8 Å². The van der Waals surface area contributed by atoms with Crippen molar-refractivity contribution in [2.24, 2.45) is 0 Å². The fourth-order valence-electron chi connectivity index (χ4n) is 2.82. The number of aromatic nitrogens is 4. The van der Waals surface area contributed by atoms with E-state index < -0.39 is 5.60 Å². The Morgan fingerprint density at radius 3 is 2.52 bits per heavy atom. The number of carbonyl (C=O) groups is 1. The minimum Gasteiger partial charge on any atom is -0.444 e. The molecule has 1 amide bonds. The van der Waals surface area contributed by atoms with Crippen molar-refractivity contribution < 1.29 is 9.53 Å². The second-order valence-corrected chi connectivity index (χ2v) is 7.05. The Kier molecular flexibility index (Phi) is 4.87. The van der Waals surface area contributed by atoms with E-state index in [0.717, 1.165) is 24.3 Å². The molecule has 0 radical (unpaired) electrons. The van der Waals surface area contributed by atoms with Crippen LogP contribution in [-0.2, 0) is 11.3 Å². The quantitative estimate of drug-likeness (QED) is 0.845. The second-order valence-electron chi connectivity index (χ2n) is 7.05. The Morgan fingerprint density at radius 1 is 1.16 bits per heavy atom. The van der Waals surface area contributed by atoms with Crippen LogP contribution in [0, 0.1) is 0 Å². The first kappa shape index (κ1) is 17.2. The maximum Gasteiger partial charge on any atom is 0.410 e. The normalized spacial score (nSPS) is 15.3. The van der Waals surface area contributed by atoms with Gasteiger partial charge in [-0.1, -0.05) is 18.2 Å². The van der Waals surface area contributed by atoms with Gasteiger partial charge in [-0.25, -0.2) is 4.79 Å². The lowest BCUT2D eigenvalue weighted by Gasteiger charge is -2.37. The first-order valence-corrected chi connectivity index (χ1v) is 8.44. The van der Waals surface area contributed by atoms with Crippen LogP contribution in [-0.4, -0.2) is 63.0 Å². The van der Waals surface area contributed by atoms with Gasteiger partial charge in [0.1, 0.15) is 5.60 Å². The minimum atomic E-state index is -0.467. The van der Waals surface area contributed by atoms with Crippen LogP contribution in [0.2, 0.25) is 0 Å². The lowest BCUT2D eigenvalue weighted by molar-refractivity contribution is 0.0240. The molecule has 1 fully saturated rings. The molecule has 0 atom stereocenters. The predicted molar refractivity (Wildman–Crippen MR) is 93.4 cm³/mol. The number of hydrogen-bond acceptors (Lipinski definition) is 6. The van der Waals surface area contributed by atoms with E-state index in [1.165, 1.54) is 6.33 Å². The number of hydrogen-bond donors (Lipinski definition) is 0. The summed E-state index contributed by atoms with van der Waals surface area (Å²) in [5, 5.41) is 11.8. The summed E-state index contributed by atoms with van der Waals surface area (Å²) in [7, 11) is 0. The van der Waals surface area contributed by atoms with Gasteiger partial charge in [-0.2, -0.15) is 4.80 Å². The van der Waals surface area contributed by atoms with Gasteiger partial charge in [-0.15, -0.1) is 10.2 Å². The summed E-state index contributed by atoms with van der Waals surface area (Å²) in [5.41, 5.74) is 1.81. The number of anilines is 1. The SMILES string of the molecule is CC(C)(C)OC(=O)N1CCN(c2ccccc2Cn2ncnn2)CC1. The first-order chi connectivity index (χ1) is 11.9. The molecule has 0 N–H and O–H groups in total. The zero-order chi connectivity index (χ0) is 17.9. The molecule has 0 aliphatic carbocycles. The summed E-state index contributed by atoms with van der Waals surface area (Å²) >= 11 is 0. The van der Waals surface area contributed by atoms with Gasteiger partial charge in [0.2, 0.25) is 0 Å². The Labute approximate surface area is 147 Å². The first-order valence-electron chi connectivity index (χ1n) is 8.44. The topological polar surface area (TPSA) is 76.4 Å². The van der Waals surface area contributed by atoms with Crippen LogP contribution in [0.3, 0.4) is 0 Å². The van der Waals surface area contributed by atoms with E-state index >= 15 is 0 Å². The molecular formula is C17H24N6O2. The highest BCUT2D eigenvalue weighted by molar-refractivity contribution is 5.68. The van der Waals surface area contributed by atoms with Crippen LogP contribution in [0.25, 0.3) is 0 Å². The Balaban J connectivity index is 1.64.